The van der Waals surface area contributed by atoms with Crippen molar-refractivity contribution in [3.05, 3.63) is 21.0 Å². The first kappa shape index (κ1) is 22.9. The van der Waals surface area contributed by atoms with Crippen LogP contribution in [0.4, 0.5) is 5.69 Å². The summed E-state index contributed by atoms with van der Waals surface area (Å²) >= 11 is 3.42. The number of halogens is 1. The van der Waals surface area contributed by atoms with Gasteiger partial charge < -0.3 is 10.6 Å². The van der Waals surface area contributed by atoms with Crippen LogP contribution < -0.4 is 16.2 Å². The SMILES string of the molecule is CC(C)CNC(=O)Cn1ncc(N[C@@H]2C[C@H](C)C(C)(C)[C@H](C)[C@H]2C)c(Br)c1=O. The quantitative estimate of drug-likeness (QED) is 0.683. The summed E-state index contributed by atoms with van der Waals surface area (Å²) in [4.78, 5) is 24.7. The van der Waals surface area contributed by atoms with Gasteiger partial charge in [0.15, 0.2) is 0 Å². The third-order valence-corrected chi connectivity index (χ3v) is 7.57. The van der Waals surface area contributed by atoms with Gasteiger partial charge in [-0.25, -0.2) is 4.68 Å². The van der Waals surface area contributed by atoms with Crippen LogP contribution in [-0.4, -0.2) is 28.3 Å². The Balaban J connectivity index is 2.13. The van der Waals surface area contributed by atoms with Crippen molar-refractivity contribution in [1.29, 1.82) is 0 Å². The zero-order valence-electron chi connectivity index (χ0n) is 18.2. The van der Waals surface area contributed by atoms with E-state index in [1.807, 2.05) is 13.8 Å². The van der Waals surface area contributed by atoms with Crippen molar-refractivity contribution in [1.82, 2.24) is 15.1 Å². The second-order valence-electron chi connectivity index (χ2n) is 9.39. The summed E-state index contributed by atoms with van der Waals surface area (Å²) < 4.78 is 1.63. The molecule has 1 aliphatic carbocycles. The number of aromatic nitrogens is 2. The standard InChI is InChI=1S/C21H35BrN4O2/c1-12(2)9-23-18(27)11-26-20(28)19(22)17(10-24-26)25-16-8-13(3)21(6,7)15(5)14(16)4/h10,12-16,25H,8-9,11H2,1-7H3,(H,23,27)/t13-,14+,15+,16+/m0/s1. The molecule has 6 nitrogen and oxygen atoms in total. The van der Waals surface area contributed by atoms with Crippen LogP contribution in [0.5, 0.6) is 0 Å². The van der Waals surface area contributed by atoms with Gasteiger partial charge in [-0.15, -0.1) is 0 Å². The number of rotatable bonds is 6. The minimum Gasteiger partial charge on any atom is -0.380 e. The van der Waals surface area contributed by atoms with Gasteiger partial charge in [0.2, 0.25) is 5.91 Å². The molecule has 4 atom stereocenters. The molecule has 0 aliphatic heterocycles. The molecule has 0 aromatic carbocycles. The Morgan fingerprint density at radius 1 is 1.36 bits per heavy atom. The van der Waals surface area contributed by atoms with Gasteiger partial charge in [-0.1, -0.05) is 48.5 Å². The van der Waals surface area contributed by atoms with Gasteiger partial charge >= 0.3 is 0 Å². The zero-order valence-corrected chi connectivity index (χ0v) is 19.8. The molecule has 1 saturated carbocycles. The average molecular weight is 455 g/mol. The summed E-state index contributed by atoms with van der Waals surface area (Å²) in [5, 5.41) is 10.6. The summed E-state index contributed by atoms with van der Waals surface area (Å²) in [6.07, 6.45) is 2.69. The van der Waals surface area contributed by atoms with E-state index < -0.39 is 0 Å². The third kappa shape index (κ3) is 4.97. The maximum absolute atomic E-state index is 12.7. The third-order valence-electron chi connectivity index (χ3n) is 6.80. The van der Waals surface area contributed by atoms with Gasteiger partial charge in [0.05, 0.1) is 11.9 Å². The van der Waals surface area contributed by atoms with Crippen LogP contribution in [0.2, 0.25) is 0 Å². The fourth-order valence-electron chi connectivity index (χ4n) is 3.95. The number of carbonyl (C=O) groups excluding carboxylic acids is 1. The Labute approximate surface area is 177 Å². The molecule has 1 aromatic heterocycles. The molecule has 1 amide bonds. The van der Waals surface area contributed by atoms with Gasteiger partial charge in [0, 0.05) is 12.6 Å². The summed E-state index contributed by atoms with van der Waals surface area (Å²) in [7, 11) is 0. The Morgan fingerprint density at radius 2 is 2.00 bits per heavy atom. The highest BCUT2D eigenvalue weighted by atomic mass is 79.9. The molecule has 1 heterocycles. The van der Waals surface area contributed by atoms with Crippen molar-refractivity contribution >= 4 is 27.5 Å². The van der Waals surface area contributed by atoms with Gasteiger partial charge in [0.1, 0.15) is 11.0 Å². The summed E-state index contributed by atoms with van der Waals surface area (Å²) in [6.45, 7) is 16.1. The van der Waals surface area contributed by atoms with Crippen LogP contribution in [0.3, 0.4) is 0 Å². The van der Waals surface area contributed by atoms with E-state index in [9.17, 15) is 9.59 Å². The second kappa shape index (κ2) is 8.97. The monoisotopic (exact) mass is 454 g/mol. The van der Waals surface area contributed by atoms with E-state index in [1.165, 1.54) is 4.68 Å². The predicted molar refractivity (Wildman–Crippen MR) is 117 cm³/mol. The highest BCUT2D eigenvalue weighted by molar-refractivity contribution is 9.10. The number of nitrogens with zero attached hydrogens (tertiary/aromatic N) is 2. The van der Waals surface area contributed by atoms with E-state index in [1.54, 1.807) is 6.20 Å². The largest absolute Gasteiger partial charge is 0.380 e. The topological polar surface area (TPSA) is 76.0 Å². The van der Waals surface area contributed by atoms with Crippen LogP contribution in [0, 0.1) is 29.1 Å². The van der Waals surface area contributed by atoms with E-state index >= 15 is 0 Å². The van der Waals surface area contributed by atoms with Gasteiger partial charge in [-0.3, -0.25) is 9.59 Å². The van der Waals surface area contributed by atoms with Crippen LogP contribution in [0.15, 0.2) is 15.5 Å². The van der Waals surface area contributed by atoms with Crippen molar-refractivity contribution in [2.45, 2.75) is 67.5 Å². The maximum atomic E-state index is 12.7. The lowest BCUT2D eigenvalue weighted by atomic mass is 9.58. The van der Waals surface area contributed by atoms with Crippen LogP contribution >= 0.6 is 15.9 Å². The Morgan fingerprint density at radius 3 is 2.61 bits per heavy atom. The normalized spacial score (nSPS) is 26.9. The van der Waals surface area contributed by atoms with E-state index in [-0.39, 0.29) is 24.1 Å². The van der Waals surface area contributed by atoms with Crippen molar-refractivity contribution in [2.24, 2.45) is 29.1 Å². The van der Waals surface area contributed by atoms with Crippen molar-refractivity contribution in [3.63, 3.8) is 0 Å². The molecule has 0 bridgehead atoms. The lowest BCUT2D eigenvalue weighted by Crippen LogP contribution is -2.48. The number of nitrogens with one attached hydrogen (secondary N) is 2. The van der Waals surface area contributed by atoms with E-state index in [4.69, 9.17) is 0 Å². The fraction of sp³-hybridized carbons (Fsp3) is 0.762. The van der Waals surface area contributed by atoms with Gasteiger partial charge in [-0.05, 0) is 51.4 Å². The minimum absolute atomic E-state index is 0.0769. The Bertz CT molecular complexity index is 759. The molecular weight excluding hydrogens is 420 g/mol. The summed E-state index contributed by atoms with van der Waals surface area (Å²) in [6, 6.07) is 0.278. The molecule has 2 rings (SSSR count). The minimum atomic E-state index is -0.297. The summed E-state index contributed by atoms with van der Waals surface area (Å²) in [5.41, 5.74) is 0.689. The first-order valence-electron chi connectivity index (χ1n) is 10.2. The molecule has 0 unspecified atom stereocenters. The molecular formula is C21H35BrN4O2. The highest BCUT2D eigenvalue weighted by Crippen LogP contribution is 2.48. The average Bonchev–Trinajstić information content (AvgIpc) is 2.62. The smallest absolute Gasteiger partial charge is 0.283 e. The van der Waals surface area contributed by atoms with Crippen molar-refractivity contribution in [3.8, 4) is 0 Å². The first-order chi connectivity index (χ1) is 12.9. The Hall–Kier alpha value is -1.37. The second-order valence-corrected chi connectivity index (χ2v) is 10.2. The van der Waals surface area contributed by atoms with Crippen molar-refractivity contribution in [2.75, 3.05) is 11.9 Å². The van der Waals surface area contributed by atoms with Crippen LogP contribution in [0.25, 0.3) is 0 Å². The number of hydrogen-bond donors (Lipinski definition) is 2. The molecule has 1 aromatic rings. The molecule has 0 spiro atoms. The number of hydrogen-bond acceptors (Lipinski definition) is 4. The van der Waals surface area contributed by atoms with Crippen LogP contribution in [0.1, 0.15) is 54.9 Å². The molecule has 2 N–H and O–H groups in total. The highest BCUT2D eigenvalue weighted by Gasteiger charge is 2.43. The molecule has 7 heteroatoms. The van der Waals surface area contributed by atoms with Gasteiger partial charge in [0.25, 0.3) is 5.56 Å². The molecule has 1 fully saturated rings. The maximum Gasteiger partial charge on any atom is 0.283 e. The number of carbonyl (C=O) groups is 1. The predicted octanol–water partition coefficient (Wildman–Crippen LogP) is 3.90. The molecule has 0 radical (unpaired) electrons. The lowest BCUT2D eigenvalue weighted by Gasteiger charge is -2.50. The molecule has 28 heavy (non-hydrogen) atoms. The van der Waals surface area contributed by atoms with E-state index in [0.717, 1.165) is 6.42 Å². The molecule has 1 aliphatic rings. The van der Waals surface area contributed by atoms with E-state index in [0.29, 0.717) is 45.8 Å². The van der Waals surface area contributed by atoms with Gasteiger partial charge in [-0.2, -0.15) is 5.10 Å². The summed E-state index contributed by atoms with van der Waals surface area (Å²) in [5.74, 6) is 1.77. The zero-order chi connectivity index (χ0) is 21.2. The molecule has 0 saturated heterocycles. The van der Waals surface area contributed by atoms with Crippen molar-refractivity contribution < 1.29 is 4.79 Å². The lowest BCUT2D eigenvalue weighted by molar-refractivity contribution is -0.122. The fourth-order valence-corrected chi connectivity index (χ4v) is 4.37. The first-order valence-corrected chi connectivity index (χ1v) is 11.0. The van der Waals surface area contributed by atoms with Crippen LogP contribution in [-0.2, 0) is 11.3 Å². The van der Waals surface area contributed by atoms with E-state index in [2.05, 4.69) is 66.3 Å². The molecule has 158 valence electrons. The Kier molecular flexibility index (Phi) is 7.34. The number of anilines is 1. The number of amides is 1.